The molecule has 2 aromatic carbocycles. The summed E-state index contributed by atoms with van der Waals surface area (Å²) in [6.07, 6.45) is -0.552. The average Bonchev–Trinajstić information content (AvgIpc) is 2.73. The van der Waals surface area contributed by atoms with Gasteiger partial charge >= 0.3 is 7.12 Å². The first-order valence-corrected chi connectivity index (χ1v) is 9.79. The molecule has 0 heterocycles. The van der Waals surface area contributed by atoms with E-state index in [1.807, 2.05) is 65.0 Å². The van der Waals surface area contributed by atoms with Crippen LogP contribution in [0.4, 0.5) is 4.39 Å². The predicted octanol–water partition coefficient (Wildman–Crippen LogP) is 4.87. The van der Waals surface area contributed by atoms with Crippen LogP contribution >= 0.6 is 0 Å². The second-order valence-corrected chi connectivity index (χ2v) is 5.93. The maximum absolute atomic E-state index is 13.7. The summed E-state index contributed by atoms with van der Waals surface area (Å²) in [6.45, 7) is 10.4. The van der Waals surface area contributed by atoms with Crippen molar-refractivity contribution in [1.29, 1.82) is 0 Å². The van der Waals surface area contributed by atoms with E-state index in [1.54, 1.807) is 13.2 Å². The molecule has 0 fully saturated rings. The molecule has 0 bridgehead atoms. The van der Waals surface area contributed by atoms with E-state index >= 15 is 0 Å². The third-order valence-corrected chi connectivity index (χ3v) is 4.04. The molecule has 2 atom stereocenters. The van der Waals surface area contributed by atoms with Gasteiger partial charge in [-0.2, -0.15) is 0 Å². The lowest BCUT2D eigenvalue weighted by Gasteiger charge is -2.21. The van der Waals surface area contributed by atoms with Crippen LogP contribution in [-0.2, 0) is 25.4 Å². The molecule has 154 valence electrons. The molecule has 2 unspecified atom stereocenters. The lowest BCUT2D eigenvalue weighted by atomic mass is 9.75. The summed E-state index contributed by atoms with van der Waals surface area (Å²) in [6, 6.07) is 14.4. The molecule has 0 aliphatic rings. The highest BCUT2D eigenvalue weighted by molar-refractivity contribution is 6.61. The van der Waals surface area contributed by atoms with E-state index in [1.165, 1.54) is 12.1 Å². The normalized spacial score (nSPS) is 12.7. The molecule has 4 nitrogen and oxygen atoms in total. The first-order valence-electron chi connectivity index (χ1n) is 9.79. The van der Waals surface area contributed by atoms with Gasteiger partial charge in [0.15, 0.2) is 6.29 Å². The minimum Gasteiger partial charge on any atom is -0.410 e. The summed E-state index contributed by atoms with van der Waals surface area (Å²) in [5.41, 5.74) is 2.45. The molecule has 0 aromatic heterocycles. The minimum atomic E-state index is -0.633. The van der Waals surface area contributed by atoms with Gasteiger partial charge in [0.05, 0.1) is 12.7 Å². The van der Waals surface area contributed by atoms with Crippen molar-refractivity contribution in [2.24, 2.45) is 0 Å². The second kappa shape index (κ2) is 13.5. The fourth-order valence-corrected chi connectivity index (χ4v) is 2.66. The van der Waals surface area contributed by atoms with E-state index in [9.17, 15) is 4.39 Å². The Morgan fingerprint density at radius 1 is 1.00 bits per heavy atom. The number of ether oxygens (including phenoxy) is 2. The van der Waals surface area contributed by atoms with Crippen LogP contribution < -0.4 is 5.46 Å². The third kappa shape index (κ3) is 7.72. The van der Waals surface area contributed by atoms with Gasteiger partial charge in [0.25, 0.3) is 0 Å². The van der Waals surface area contributed by atoms with Gasteiger partial charge in [0.2, 0.25) is 0 Å². The highest BCUT2D eigenvalue weighted by Crippen LogP contribution is 2.18. The van der Waals surface area contributed by atoms with Gasteiger partial charge in [0.1, 0.15) is 5.82 Å². The summed E-state index contributed by atoms with van der Waals surface area (Å²) in [4.78, 5) is 0. The molecule has 0 radical (unpaired) electrons. The van der Waals surface area contributed by atoms with Gasteiger partial charge in [0, 0.05) is 13.7 Å². The SMILES string of the molecule is CC.CCOC(C)OCc1cc(F)ccc1B(OC)OC(C)c1ccccc1. The quantitative estimate of drug-likeness (QED) is 0.429. The van der Waals surface area contributed by atoms with Gasteiger partial charge < -0.3 is 18.8 Å². The topological polar surface area (TPSA) is 36.9 Å². The molecule has 6 heteroatoms. The van der Waals surface area contributed by atoms with E-state index in [4.69, 9.17) is 18.8 Å². The predicted molar refractivity (Wildman–Crippen MR) is 112 cm³/mol. The Morgan fingerprint density at radius 3 is 2.29 bits per heavy atom. The molecule has 0 saturated heterocycles. The van der Waals surface area contributed by atoms with Crippen LogP contribution in [0, 0.1) is 5.82 Å². The first-order chi connectivity index (χ1) is 13.5. The largest absolute Gasteiger partial charge is 0.494 e. The summed E-state index contributed by atoms with van der Waals surface area (Å²) in [5.74, 6) is -0.331. The van der Waals surface area contributed by atoms with Crippen molar-refractivity contribution in [1.82, 2.24) is 0 Å². The Morgan fingerprint density at radius 2 is 1.68 bits per heavy atom. The van der Waals surface area contributed by atoms with Crippen LogP contribution in [0.15, 0.2) is 48.5 Å². The highest BCUT2D eigenvalue weighted by Gasteiger charge is 2.26. The molecular weight excluding hydrogens is 358 g/mol. The zero-order chi connectivity index (χ0) is 20.9. The molecular formula is C22H32BFO4. The maximum Gasteiger partial charge on any atom is 0.494 e. The van der Waals surface area contributed by atoms with Crippen LogP contribution in [0.3, 0.4) is 0 Å². The van der Waals surface area contributed by atoms with Crippen molar-refractivity contribution >= 4 is 12.6 Å². The molecule has 28 heavy (non-hydrogen) atoms. The van der Waals surface area contributed by atoms with Crippen molar-refractivity contribution in [3.8, 4) is 0 Å². The van der Waals surface area contributed by atoms with Crippen LogP contribution in [0.2, 0.25) is 0 Å². The fraction of sp³-hybridized carbons (Fsp3) is 0.455. The van der Waals surface area contributed by atoms with E-state index in [-0.39, 0.29) is 24.8 Å². The molecule has 0 aliphatic heterocycles. The Kier molecular flexibility index (Phi) is 11.7. The highest BCUT2D eigenvalue weighted by atomic mass is 19.1. The van der Waals surface area contributed by atoms with Crippen LogP contribution in [0.1, 0.15) is 51.8 Å². The Labute approximate surface area is 169 Å². The molecule has 2 rings (SSSR count). The van der Waals surface area contributed by atoms with Gasteiger partial charge in [-0.05, 0) is 49.5 Å². The number of rotatable bonds is 10. The fourth-order valence-electron chi connectivity index (χ4n) is 2.66. The zero-order valence-corrected chi connectivity index (χ0v) is 17.8. The third-order valence-electron chi connectivity index (χ3n) is 4.04. The van der Waals surface area contributed by atoms with Crippen molar-refractivity contribution in [2.75, 3.05) is 13.7 Å². The van der Waals surface area contributed by atoms with Crippen LogP contribution in [0.25, 0.3) is 0 Å². The van der Waals surface area contributed by atoms with Gasteiger partial charge in [-0.3, -0.25) is 0 Å². The summed E-state index contributed by atoms with van der Waals surface area (Å²) in [5, 5.41) is 0. The molecule has 0 saturated carbocycles. The van der Waals surface area contributed by atoms with Crippen molar-refractivity contribution < 1.29 is 23.2 Å². The Bertz CT molecular complexity index is 669. The molecule has 0 amide bonds. The van der Waals surface area contributed by atoms with Crippen LogP contribution in [-0.4, -0.2) is 27.1 Å². The minimum absolute atomic E-state index is 0.178. The lowest BCUT2D eigenvalue weighted by molar-refractivity contribution is -0.134. The zero-order valence-electron chi connectivity index (χ0n) is 17.8. The second-order valence-electron chi connectivity index (χ2n) is 5.93. The van der Waals surface area contributed by atoms with Crippen molar-refractivity contribution in [3.05, 3.63) is 65.5 Å². The number of hydrogen-bond acceptors (Lipinski definition) is 4. The van der Waals surface area contributed by atoms with Crippen molar-refractivity contribution in [3.63, 3.8) is 0 Å². The molecule has 0 aliphatic carbocycles. The van der Waals surface area contributed by atoms with E-state index < -0.39 is 7.12 Å². The molecule has 2 aromatic rings. The molecule has 0 spiro atoms. The van der Waals surface area contributed by atoms with Crippen molar-refractivity contribution in [2.45, 2.75) is 53.6 Å². The van der Waals surface area contributed by atoms with Gasteiger partial charge in [-0.15, -0.1) is 0 Å². The average molecular weight is 390 g/mol. The summed E-state index contributed by atoms with van der Waals surface area (Å²) in [7, 11) is 0.936. The van der Waals surface area contributed by atoms with E-state index in [0.717, 1.165) is 11.0 Å². The van der Waals surface area contributed by atoms with E-state index in [0.29, 0.717) is 12.2 Å². The number of benzene rings is 2. The first kappa shape index (κ1) is 24.3. The summed E-state index contributed by atoms with van der Waals surface area (Å²) >= 11 is 0. The smallest absolute Gasteiger partial charge is 0.410 e. The molecule has 0 N–H and O–H groups in total. The number of hydrogen-bond donors (Lipinski definition) is 0. The van der Waals surface area contributed by atoms with Gasteiger partial charge in [-0.25, -0.2) is 4.39 Å². The Hall–Kier alpha value is -1.73. The maximum atomic E-state index is 13.7. The number of halogens is 1. The summed E-state index contributed by atoms with van der Waals surface area (Å²) < 4.78 is 36.4. The van der Waals surface area contributed by atoms with Crippen LogP contribution in [0.5, 0.6) is 0 Å². The Balaban J connectivity index is 0.00000190. The van der Waals surface area contributed by atoms with E-state index in [2.05, 4.69) is 0 Å². The van der Waals surface area contributed by atoms with Gasteiger partial charge in [-0.1, -0.05) is 50.2 Å². The monoisotopic (exact) mass is 390 g/mol. The lowest BCUT2D eigenvalue weighted by Crippen LogP contribution is -2.39. The standard InChI is InChI=1S/C20H26BFO4.C2H6/c1-5-24-16(3)25-14-18-13-19(22)11-12-20(18)21(23-4)26-15(2)17-9-7-6-8-10-17;1-2/h6-13,15-16H,5,14H2,1-4H3;1-2H3.